The van der Waals surface area contributed by atoms with Crippen LogP contribution in [0.2, 0.25) is 0 Å². The molecule has 0 unspecified atom stereocenters. The van der Waals surface area contributed by atoms with Crippen molar-refractivity contribution >= 4 is 25.8 Å². The molecule has 1 fully saturated rings. The van der Waals surface area contributed by atoms with E-state index >= 15 is 0 Å². The second kappa shape index (κ2) is 3.86. The summed E-state index contributed by atoms with van der Waals surface area (Å²) in [6.45, 7) is 0. The summed E-state index contributed by atoms with van der Waals surface area (Å²) in [5.74, 6) is -0.552. The number of hydrogen-bond acceptors (Lipinski definition) is 3. The van der Waals surface area contributed by atoms with Gasteiger partial charge in [0.2, 0.25) is 0 Å². The molecule has 2 rings (SSSR count). The second-order valence-corrected chi connectivity index (χ2v) is 7.15. The van der Waals surface area contributed by atoms with Gasteiger partial charge in [-0.05, 0) is 17.7 Å². The lowest BCUT2D eigenvalue weighted by atomic mass is 10.1. The number of sulfone groups is 1. The Labute approximate surface area is 103 Å². The van der Waals surface area contributed by atoms with Crippen LogP contribution in [0.25, 0.3) is 0 Å². The van der Waals surface area contributed by atoms with Crippen LogP contribution in [-0.4, -0.2) is 19.9 Å². The first-order valence-corrected chi connectivity index (χ1v) is 7.54. The normalized spacial score (nSPS) is 28.4. The van der Waals surface area contributed by atoms with E-state index in [1.807, 2.05) is 24.3 Å². The van der Waals surface area contributed by atoms with Gasteiger partial charge in [0.1, 0.15) is 0 Å². The van der Waals surface area contributed by atoms with E-state index in [1.165, 1.54) is 6.26 Å². The third-order valence-corrected chi connectivity index (χ3v) is 4.96. The fourth-order valence-corrected chi connectivity index (χ4v) is 3.85. The van der Waals surface area contributed by atoms with Crippen molar-refractivity contribution in [1.29, 1.82) is 5.26 Å². The number of benzene rings is 1. The van der Waals surface area contributed by atoms with Crippen LogP contribution in [0, 0.1) is 17.2 Å². The molecule has 0 saturated heterocycles. The Morgan fingerprint density at radius 3 is 2.25 bits per heavy atom. The maximum Gasteiger partial charge on any atom is 0.152 e. The van der Waals surface area contributed by atoms with Crippen LogP contribution in [0.5, 0.6) is 0 Å². The summed E-state index contributed by atoms with van der Waals surface area (Å²) >= 11 is 3.32. The molecule has 16 heavy (non-hydrogen) atoms. The van der Waals surface area contributed by atoms with Crippen molar-refractivity contribution < 1.29 is 8.42 Å². The molecule has 1 aliphatic rings. The quantitative estimate of drug-likeness (QED) is 0.840. The van der Waals surface area contributed by atoms with Gasteiger partial charge in [-0.2, -0.15) is 5.26 Å². The fourth-order valence-electron chi connectivity index (χ4n) is 2.05. The van der Waals surface area contributed by atoms with E-state index in [2.05, 4.69) is 22.0 Å². The monoisotopic (exact) mass is 299 g/mol. The third-order valence-electron chi connectivity index (χ3n) is 2.85. The van der Waals surface area contributed by atoms with E-state index in [-0.39, 0.29) is 5.92 Å². The van der Waals surface area contributed by atoms with Crippen LogP contribution in [0.4, 0.5) is 0 Å². The summed E-state index contributed by atoms with van der Waals surface area (Å²) in [7, 11) is -3.13. The largest absolute Gasteiger partial charge is 0.229 e. The third kappa shape index (κ3) is 2.00. The molecule has 0 bridgehead atoms. The Bertz CT molecular complexity index is 544. The highest BCUT2D eigenvalue weighted by molar-refractivity contribution is 9.10. The highest BCUT2D eigenvalue weighted by Crippen LogP contribution is 2.51. The standard InChI is InChI=1S/C11H10BrNO2S/c1-16(14,15)11-9(6-13)10(11)7-2-4-8(12)5-3-7/h2-5,9-11H,1H3/t9-,10-,11+/m0/s1. The van der Waals surface area contributed by atoms with Crippen LogP contribution < -0.4 is 0 Å². The van der Waals surface area contributed by atoms with Gasteiger partial charge in [0, 0.05) is 16.6 Å². The van der Waals surface area contributed by atoms with Crippen LogP contribution in [-0.2, 0) is 9.84 Å². The Hall–Kier alpha value is -0.860. The first-order valence-electron chi connectivity index (χ1n) is 4.79. The summed E-state index contributed by atoms with van der Waals surface area (Å²) in [6, 6.07) is 9.52. The van der Waals surface area contributed by atoms with E-state index in [1.54, 1.807) is 0 Å². The summed E-state index contributed by atoms with van der Waals surface area (Å²) in [6.07, 6.45) is 1.20. The van der Waals surface area contributed by atoms with Crippen molar-refractivity contribution in [2.45, 2.75) is 11.2 Å². The van der Waals surface area contributed by atoms with Gasteiger partial charge in [-0.3, -0.25) is 0 Å². The highest BCUT2D eigenvalue weighted by Gasteiger charge is 2.57. The smallest absolute Gasteiger partial charge is 0.152 e. The molecule has 3 nitrogen and oxygen atoms in total. The lowest BCUT2D eigenvalue weighted by Gasteiger charge is -1.98. The lowest BCUT2D eigenvalue weighted by Crippen LogP contribution is -2.06. The minimum absolute atomic E-state index is 0.159. The van der Waals surface area contributed by atoms with Gasteiger partial charge in [0.25, 0.3) is 0 Å². The SMILES string of the molecule is CS(=O)(=O)[C@@H]1[C@@H](C#N)[C@@H]1c1ccc(Br)cc1. The molecule has 0 N–H and O–H groups in total. The molecule has 1 saturated carbocycles. The van der Waals surface area contributed by atoms with Crippen LogP contribution in [0.15, 0.2) is 28.7 Å². The molecule has 1 aliphatic carbocycles. The van der Waals surface area contributed by atoms with Crippen molar-refractivity contribution in [3.8, 4) is 6.07 Å². The Kier molecular flexibility index (Phi) is 2.81. The zero-order valence-electron chi connectivity index (χ0n) is 8.59. The molecule has 0 amide bonds. The number of hydrogen-bond donors (Lipinski definition) is 0. The van der Waals surface area contributed by atoms with E-state index in [0.717, 1.165) is 10.0 Å². The summed E-state index contributed by atoms with van der Waals surface area (Å²) < 4.78 is 23.9. The molecule has 3 atom stereocenters. The number of nitriles is 1. The Morgan fingerprint density at radius 1 is 1.31 bits per heavy atom. The topological polar surface area (TPSA) is 57.9 Å². The van der Waals surface area contributed by atoms with E-state index < -0.39 is 21.0 Å². The first kappa shape index (κ1) is 11.6. The number of nitrogens with zero attached hydrogens (tertiary/aromatic N) is 1. The predicted octanol–water partition coefficient (Wildman–Crippen LogP) is 2.10. The molecular formula is C11H10BrNO2S. The molecule has 84 valence electrons. The number of halogens is 1. The molecule has 0 aromatic heterocycles. The van der Waals surface area contributed by atoms with Crippen LogP contribution in [0.1, 0.15) is 11.5 Å². The summed E-state index contributed by atoms with van der Waals surface area (Å²) in [5.41, 5.74) is 0.921. The molecule has 0 radical (unpaired) electrons. The average molecular weight is 300 g/mol. The van der Waals surface area contributed by atoms with E-state index in [4.69, 9.17) is 5.26 Å². The van der Waals surface area contributed by atoms with Crippen molar-refractivity contribution in [3.63, 3.8) is 0 Å². The molecule has 0 heterocycles. The maximum atomic E-state index is 11.5. The van der Waals surface area contributed by atoms with E-state index in [0.29, 0.717) is 0 Å². The first-order chi connectivity index (χ1) is 7.45. The summed E-state index contributed by atoms with van der Waals surface area (Å²) in [4.78, 5) is 0. The van der Waals surface area contributed by atoms with Crippen LogP contribution in [0.3, 0.4) is 0 Å². The predicted molar refractivity (Wildman–Crippen MR) is 64.6 cm³/mol. The van der Waals surface area contributed by atoms with Gasteiger partial charge in [-0.15, -0.1) is 0 Å². The molecule has 0 aliphatic heterocycles. The van der Waals surface area contributed by atoms with Crippen molar-refractivity contribution in [2.75, 3.05) is 6.26 Å². The minimum Gasteiger partial charge on any atom is -0.229 e. The molecule has 5 heteroatoms. The van der Waals surface area contributed by atoms with Gasteiger partial charge in [-0.1, -0.05) is 28.1 Å². The minimum atomic E-state index is -3.13. The zero-order chi connectivity index (χ0) is 11.9. The maximum absolute atomic E-state index is 11.5. The van der Waals surface area contributed by atoms with Crippen molar-refractivity contribution in [1.82, 2.24) is 0 Å². The van der Waals surface area contributed by atoms with Gasteiger partial charge in [0.15, 0.2) is 9.84 Å². The van der Waals surface area contributed by atoms with E-state index in [9.17, 15) is 8.42 Å². The van der Waals surface area contributed by atoms with Crippen molar-refractivity contribution in [2.24, 2.45) is 5.92 Å². The Balaban J connectivity index is 2.31. The Morgan fingerprint density at radius 2 is 1.88 bits per heavy atom. The second-order valence-electron chi connectivity index (χ2n) is 4.03. The fraction of sp³-hybridized carbons (Fsp3) is 0.364. The average Bonchev–Trinajstić information content (AvgIpc) is 2.92. The lowest BCUT2D eigenvalue weighted by molar-refractivity contribution is 0.599. The highest BCUT2D eigenvalue weighted by atomic mass is 79.9. The van der Waals surface area contributed by atoms with Gasteiger partial charge in [-0.25, -0.2) is 8.42 Å². The number of rotatable bonds is 2. The molecular weight excluding hydrogens is 290 g/mol. The van der Waals surface area contributed by atoms with Gasteiger partial charge >= 0.3 is 0 Å². The molecule has 0 spiro atoms. The van der Waals surface area contributed by atoms with Gasteiger partial charge in [0.05, 0.1) is 17.2 Å². The van der Waals surface area contributed by atoms with Crippen molar-refractivity contribution in [3.05, 3.63) is 34.3 Å². The van der Waals surface area contributed by atoms with Crippen LogP contribution >= 0.6 is 15.9 Å². The molecule has 1 aromatic carbocycles. The zero-order valence-corrected chi connectivity index (χ0v) is 11.0. The summed E-state index contributed by atoms with van der Waals surface area (Å²) in [5, 5.41) is 8.37. The van der Waals surface area contributed by atoms with Gasteiger partial charge < -0.3 is 0 Å². The molecule has 1 aromatic rings.